The Balaban J connectivity index is 3.42. The molecule has 7 nitrogen and oxygen atoms in total. The average Bonchev–Trinajstić information content (AvgIpc) is 2.42. The first-order chi connectivity index (χ1) is 9.47. The first-order valence-corrected chi connectivity index (χ1v) is 7.00. The van der Waals surface area contributed by atoms with Gasteiger partial charge in [0.2, 0.25) is 0 Å². The number of rotatable bonds is 5. The van der Waals surface area contributed by atoms with Crippen LogP contribution >= 0.6 is 12.2 Å². The van der Waals surface area contributed by atoms with E-state index < -0.39 is 11.2 Å². The van der Waals surface area contributed by atoms with E-state index in [-0.39, 0.29) is 11.5 Å². The van der Waals surface area contributed by atoms with Gasteiger partial charge in [-0.05, 0) is 25.6 Å². The van der Waals surface area contributed by atoms with Gasteiger partial charge in [-0.2, -0.15) is 0 Å². The van der Waals surface area contributed by atoms with Crippen LogP contribution in [0.4, 0.5) is 11.5 Å². The summed E-state index contributed by atoms with van der Waals surface area (Å²) in [4.78, 5) is 27.7. The van der Waals surface area contributed by atoms with Crippen molar-refractivity contribution in [2.24, 2.45) is 0 Å². The van der Waals surface area contributed by atoms with Gasteiger partial charge in [-0.25, -0.2) is 4.79 Å². The summed E-state index contributed by atoms with van der Waals surface area (Å²) in [5.41, 5.74) is 5.20. The van der Waals surface area contributed by atoms with Crippen LogP contribution in [0.2, 0.25) is 0 Å². The van der Waals surface area contributed by atoms with E-state index in [1.165, 1.54) is 4.57 Å². The molecule has 8 heteroatoms. The van der Waals surface area contributed by atoms with Crippen molar-refractivity contribution >= 4 is 28.8 Å². The third-order valence-corrected chi connectivity index (χ3v) is 3.42. The van der Waals surface area contributed by atoms with E-state index >= 15 is 0 Å². The third kappa shape index (κ3) is 3.19. The first kappa shape index (κ1) is 16.2. The standard InChI is InChI=1S/C12H21N5O2S/c1-4-6-7-17-9(13)8(10(18)15-11(17)19)16(5-2)12(20)14-3/h4-7,13H2,1-3H3,(H,14,20)(H,15,18,19). The number of hydrogen-bond donors (Lipinski definition) is 3. The Bertz CT molecular complexity index is 592. The highest BCUT2D eigenvalue weighted by atomic mass is 32.1. The maximum atomic E-state index is 12.0. The van der Waals surface area contributed by atoms with E-state index in [1.807, 2.05) is 13.8 Å². The Hall–Kier alpha value is -1.83. The molecule has 0 spiro atoms. The number of H-pyrrole nitrogens is 1. The van der Waals surface area contributed by atoms with Gasteiger partial charge < -0.3 is 16.0 Å². The van der Waals surface area contributed by atoms with E-state index in [0.29, 0.717) is 18.2 Å². The van der Waals surface area contributed by atoms with Crippen LogP contribution in [0.5, 0.6) is 0 Å². The lowest BCUT2D eigenvalue weighted by molar-refractivity contribution is 0.604. The SMILES string of the molecule is CCCCn1c(N)c(N(CC)C(=S)NC)c(=O)[nH]c1=O. The first-order valence-electron chi connectivity index (χ1n) is 6.59. The fourth-order valence-corrected chi connectivity index (χ4v) is 2.14. The normalized spacial score (nSPS) is 10.3. The number of anilines is 2. The van der Waals surface area contributed by atoms with Crippen LogP contribution in [0, 0.1) is 0 Å². The number of aromatic nitrogens is 2. The van der Waals surface area contributed by atoms with Crippen molar-refractivity contribution in [3.8, 4) is 0 Å². The van der Waals surface area contributed by atoms with Gasteiger partial charge in [-0.3, -0.25) is 14.3 Å². The molecule has 1 heterocycles. The summed E-state index contributed by atoms with van der Waals surface area (Å²) in [5, 5.41) is 3.19. The molecule has 1 aromatic heterocycles. The van der Waals surface area contributed by atoms with Gasteiger partial charge in [-0.15, -0.1) is 0 Å². The fourth-order valence-electron chi connectivity index (χ4n) is 1.91. The highest BCUT2D eigenvalue weighted by Gasteiger charge is 2.19. The lowest BCUT2D eigenvalue weighted by atomic mass is 10.3. The maximum absolute atomic E-state index is 12.0. The van der Waals surface area contributed by atoms with Crippen molar-refractivity contribution in [3.63, 3.8) is 0 Å². The van der Waals surface area contributed by atoms with Gasteiger partial charge in [0.05, 0.1) is 0 Å². The van der Waals surface area contributed by atoms with E-state index in [9.17, 15) is 9.59 Å². The van der Waals surface area contributed by atoms with Crippen molar-refractivity contribution in [1.82, 2.24) is 14.9 Å². The molecule has 0 amide bonds. The van der Waals surface area contributed by atoms with Crippen molar-refractivity contribution < 1.29 is 0 Å². The quantitative estimate of drug-likeness (QED) is 0.675. The number of nitrogens with two attached hydrogens (primary N) is 1. The second-order valence-electron chi connectivity index (χ2n) is 4.30. The van der Waals surface area contributed by atoms with Crippen molar-refractivity contribution in [2.75, 3.05) is 24.2 Å². The molecule has 0 saturated heterocycles. The average molecular weight is 299 g/mol. The van der Waals surface area contributed by atoms with E-state index in [4.69, 9.17) is 18.0 Å². The minimum absolute atomic E-state index is 0.145. The molecule has 0 radical (unpaired) electrons. The number of aromatic amines is 1. The van der Waals surface area contributed by atoms with Crippen LogP contribution in [0.15, 0.2) is 9.59 Å². The van der Waals surface area contributed by atoms with Gasteiger partial charge in [0.1, 0.15) is 5.82 Å². The van der Waals surface area contributed by atoms with Crippen molar-refractivity contribution in [2.45, 2.75) is 33.2 Å². The summed E-state index contributed by atoms with van der Waals surface area (Å²) in [6.07, 6.45) is 1.73. The maximum Gasteiger partial charge on any atom is 0.330 e. The molecule has 0 aliphatic rings. The van der Waals surface area contributed by atoms with Crippen molar-refractivity contribution in [1.29, 1.82) is 0 Å². The summed E-state index contributed by atoms with van der Waals surface area (Å²) >= 11 is 5.16. The number of hydrogen-bond acceptors (Lipinski definition) is 4. The topological polar surface area (TPSA) is 96.2 Å². The Morgan fingerprint density at radius 1 is 1.45 bits per heavy atom. The zero-order valence-electron chi connectivity index (χ0n) is 12.0. The Kier molecular flexibility index (Phi) is 5.75. The predicted octanol–water partition coefficient (Wildman–Crippen LogP) is 0.250. The molecule has 112 valence electrons. The summed E-state index contributed by atoms with van der Waals surface area (Å²) in [6, 6.07) is 0. The smallest absolute Gasteiger partial charge is 0.330 e. The summed E-state index contributed by atoms with van der Waals surface area (Å²) in [5.74, 6) is 0.145. The molecule has 1 aromatic rings. The summed E-state index contributed by atoms with van der Waals surface area (Å²) in [7, 11) is 1.67. The van der Waals surface area contributed by atoms with Crippen LogP contribution in [0.1, 0.15) is 26.7 Å². The fraction of sp³-hybridized carbons (Fsp3) is 0.583. The van der Waals surface area contributed by atoms with Gasteiger partial charge in [0, 0.05) is 20.1 Å². The van der Waals surface area contributed by atoms with Gasteiger partial charge >= 0.3 is 5.69 Å². The molecule has 20 heavy (non-hydrogen) atoms. The summed E-state index contributed by atoms with van der Waals surface area (Å²) < 4.78 is 1.38. The number of nitrogens with one attached hydrogen (secondary N) is 2. The van der Waals surface area contributed by atoms with Crippen LogP contribution in [-0.2, 0) is 6.54 Å². The van der Waals surface area contributed by atoms with Crippen LogP contribution in [0.3, 0.4) is 0 Å². The minimum Gasteiger partial charge on any atom is -0.383 e. The molecule has 0 aliphatic carbocycles. The van der Waals surface area contributed by atoms with Gasteiger partial charge in [0.25, 0.3) is 5.56 Å². The molecular formula is C12H21N5O2S. The van der Waals surface area contributed by atoms with Gasteiger partial charge in [-0.1, -0.05) is 13.3 Å². The van der Waals surface area contributed by atoms with E-state index in [1.54, 1.807) is 11.9 Å². The number of nitrogen functional groups attached to an aromatic ring is 1. The zero-order valence-corrected chi connectivity index (χ0v) is 12.8. The monoisotopic (exact) mass is 299 g/mol. The van der Waals surface area contributed by atoms with E-state index in [0.717, 1.165) is 12.8 Å². The molecule has 0 aromatic carbocycles. The molecule has 0 aliphatic heterocycles. The Morgan fingerprint density at radius 2 is 2.10 bits per heavy atom. The molecule has 4 N–H and O–H groups in total. The largest absolute Gasteiger partial charge is 0.383 e. The number of unbranched alkanes of at least 4 members (excludes halogenated alkanes) is 1. The summed E-state index contributed by atoms with van der Waals surface area (Å²) in [6.45, 7) is 4.81. The third-order valence-electron chi connectivity index (χ3n) is 2.99. The zero-order chi connectivity index (χ0) is 15.3. The van der Waals surface area contributed by atoms with Crippen LogP contribution < -0.4 is 27.2 Å². The Labute approximate surface area is 122 Å². The lowest BCUT2D eigenvalue weighted by Crippen LogP contribution is -2.44. The number of thiocarbonyl (C=S) groups is 1. The molecule has 0 atom stereocenters. The van der Waals surface area contributed by atoms with E-state index in [2.05, 4.69) is 10.3 Å². The molecule has 0 bridgehead atoms. The minimum atomic E-state index is -0.528. The predicted molar refractivity (Wildman–Crippen MR) is 85.3 cm³/mol. The second-order valence-corrected chi connectivity index (χ2v) is 4.68. The Morgan fingerprint density at radius 3 is 2.60 bits per heavy atom. The highest BCUT2D eigenvalue weighted by molar-refractivity contribution is 7.80. The molecule has 0 saturated carbocycles. The van der Waals surface area contributed by atoms with Crippen molar-refractivity contribution in [3.05, 3.63) is 20.8 Å². The number of nitrogens with zero attached hydrogens (tertiary/aromatic N) is 2. The van der Waals surface area contributed by atoms with Crippen LogP contribution in [0.25, 0.3) is 0 Å². The lowest BCUT2D eigenvalue weighted by Gasteiger charge is -2.24. The molecular weight excluding hydrogens is 278 g/mol. The molecule has 0 unspecified atom stereocenters. The molecule has 1 rings (SSSR count). The van der Waals surface area contributed by atoms with Crippen LogP contribution in [-0.4, -0.2) is 28.3 Å². The molecule has 0 fully saturated rings. The van der Waals surface area contributed by atoms with Gasteiger partial charge in [0.15, 0.2) is 10.8 Å². The highest BCUT2D eigenvalue weighted by Crippen LogP contribution is 2.16. The second kappa shape index (κ2) is 7.09.